The molecule has 0 aromatic carbocycles. The molecule has 1 amide bonds. The third kappa shape index (κ3) is 2.72. The molecule has 18 heavy (non-hydrogen) atoms. The summed E-state index contributed by atoms with van der Waals surface area (Å²) >= 11 is 0. The molecule has 1 fully saturated rings. The van der Waals surface area contributed by atoms with Gasteiger partial charge in [0.2, 0.25) is 0 Å². The van der Waals surface area contributed by atoms with Crippen molar-refractivity contribution in [3.8, 4) is 0 Å². The second kappa shape index (κ2) is 5.52. The summed E-state index contributed by atoms with van der Waals surface area (Å²) in [5.41, 5.74) is 1.47. The number of aromatic nitrogens is 2. The fourth-order valence-corrected chi connectivity index (χ4v) is 2.56. The summed E-state index contributed by atoms with van der Waals surface area (Å²) in [7, 11) is 1.82. The van der Waals surface area contributed by atoms with Crippen molar-refractivity contribution in [2.24, 2.45) is 13.0 Å². The van der Waals surface area contributed by atoms with Crippen molar-refractivity contribution in [3.05, 3.63) is 17.5 Å². The summed E-state index contributed by atoms with van der Waals surface area (Å²) in [6.07, 6.45) is 5.14. The van der Waals surface area contributed by atoms with Crippen molar-refractivity contribution in [2.75, 3.05) is 6.54 Å². The smallest absolute Gasteiger partial charge is 0.254 e. The number of nitrogens with zero attached hydrogens (tertiary/aromatic N) is 2. The van der Waals surface area contributed by atoms with Crippen LogP contribution in [0.4, 0.5) is 0 Å². The summed E-state index contributed by atoms with van der Waals surface area (Å²) in [4.78, 5) is 12.1. The van der Waals surface area contributed by atoms with E-state index in [1.165, 1.54) is 0 Å². The third-order valence-corrected chi connectivity index (χ3v) is 3.63. The van der Waals surface area contributed by atoms with Crippen molar-refractivity contribution < 1.29 is 9.90 Å². The molecule has 1 aliphatic carbocycles. The molecule has 5 heteroatoms. The number of carbonyl (C=O) groups is 1. The van der Waals surface area contributed by atoms with Crippen LogP contribution >= 0.6 is 0 Å². The molecule has 5 nitrogen and oxygen atoms in total. The molecule has 2 N–H and O–H groups in total. The highest BCUT2D eigenvalue weighted by molar-refractivity contribution is 5.95. The zero-order valence-electron chi connectivity index (χ0n) is 11.0. The number of aliphatic hydroxyl groups is 1. The van der Waals surface area contributed by atoms with E-state index >= 15 is 0 Å². The zero-order valence-corrected chi connectivity index (χ0v) is 11.0. The molecule has 0 aliphatic heterocycles. The van der Waals surface area contributed by atoms with Crippen molar-refractivity contribution in [3.63, 3.8) is 0 Å². The van der Waals surface area contributed by atoms with Gasteiger partial charge in [-0.05, 0) is 19.3 Å². The van der Waals surface area contributed by atoms with Crippen LogP contribution in [0.15, 0.2) is 6.20 Å². The van der Waals surface area contributed by atoms with Crippen LogP contribution in [0.25, 0.3) is 0 Å². The molecule has 1 aromatic rings. The number of hydrogen-bond donors (Lipinski definition) is 2. The first-order chi connectivity index (χ1) is 8.61. The van der Waals surface area contributed by atoms with Crippen molar-refractivity contribution in [1.29, 1.82) is 0 Å². The number of carbonyl (C=O) groups excluding carboxylic acids is 1. The minimum atomic E-state index is -0.259. The monoisotopic (exact) mass is 251 g/mol. The molecule has 0 spiro atoms. The first kappa shape index (κ1) is 13.1. The number of nitrogens with one attached hydrogen (secondary N) is 1. The van der Waals surface area contributed by atoms with Gasteiger partial charge >= 0.3 is 0 Å². The summed E-state index contributed by atoms with van der Waals surface area (Å²) in [6.45, 7) is 2.54. The second-order valence-electron chi connectivity index (χ2n) is 4.99. The molecule has 0 saturated heterocycles. The lowest BCUT2D eigenvalue weighted by atomic mass is 10.1. The predicted molar refractivity (Wildman–Crippen MR) is 68.3 cm³/mol. The van der Waals surface area contributed by atoms with Crippen LogP contribution in [-0.2, 0) is 13.5 Å². The molecule has 2 rings (SSSR count). The first-order valence-electron chi connectivity index (χ1n) is 6.60. The highest BCUT2D eigenvalue weighted by atomic mass is 16.3. The maximum Gasteiger partial charge on any atom is 0.254 e. The van der Waals surface area contributed by atoms with Crippen LogP contribution in [0.3, 0.4) is 0 Å². The molecule has 100 valence electrons. The minimum Gasteiger partial charge on any atom is -0.393 e. The van der Waals surface area contributed by atoms with E-state index in [4.69, 9.17) is 0 Å². The van der Waals surface area contributed by atoms with Gasteiger partial charge in [-0.3, -0.25) is 9.48 Å². The van der Waals surface area contributed by atoms with E-state index in [2.05, 4.69) is 10.4 Å². The van der Waals surface area contributed by atoms with Crippen molar-refractivity contribution in [1.82, 2.24) is 15.1 Å². The van der Waals surface area contributed by atoms with Crippen LogP contribution in [-0.4, -0.2) is 33.4 Å². The van der Waals surface area contributed by atoms with Crippen LogP contribution in [0.2, 0.25) is 0 Å². The normalized spacial score (nSPS) is 23.3. The first-order valence-corrected chi connectivity index (χ1v) is 6.60. The van der Waals surface area contributed by atoms with Gasteiger partial charge in [-0.1, -0.05) is 13.3 Å². The fourth-order valence-electron chi connectivity index (χ4n) is 2.56. The van der Waals surface area contributed by atoms with Crippen molar-refractivity contribution >= 4 is 5.91 Å². The maximum absolute atomic E-state index is 12.1. The average molecular weight is 251 g/mol. The van der Waals surface area contributed by atoms with Gasteiger partial charge in [-0.25, -0.2) is 0 Å². The predicted octanol–water partition coefficient (Wildman–Crippen LogP) is 0.873. The van der Waals surface area contributed by atoms with Crippen molar-refractivity contribution in [2.45, 2.75) is 38.7 Å². The highest BCUT2D eigenvalue weighted by Gasteiger charge is 2.26. The largest absolute Gasteiger partial charge is 0.393 e. The standard InChI is InChI=1S/C13H21N3O2/c1-3-11-10(8-16(2)15-11)13(18)14-7-9-5-4-6-12(9)17/h8-9,12,17H,3-7H2,1-2H3,(H,14,18). The molecule has 1 aromatic heterocycles. The molecular formula is C13H21N3O2. The third-order valence-electron chi connectivity index (χ3n) is 3.63. The lowest BCUT2D eigenvalue weighted by molar-refractivity contribution is 0.0916. The molecule has 1 saturated carbocycles. The number of aryl methyl sites for hydroxylation is 2. The maximum atomic E-state index is 12.1. The summed E-state index contributed by atoms with van der Waals surface area (Å²) < 4.78 is 1.66. The van der Waals surface area contributed by atoms with Gasteiger partial charge in [-0.2, -0.15) is 5.10 Å². The van der Waals surface area contributed by atoms with E-state index in [9.17, 15) is 9.90 Å². The quantitative estimate of drug-likeness (QED) is 0.834. The van der Waals surface area contributed by atoms with Gasteiger partial charge < -0.3 is 10.4 Å². The Morgan fingerprint density at radius 3 is 3.00 bits per heavy atom. The molecule has 2 atom stereocenters. The zero-order chi connectivity index (χ0) is 13.1. The van der Waals surface area contributed by atoms with Gasteiger partial charge in [-0.15, -0.1) is 0 Å². The summed E-state index contributed by atoms with van der Waals surface area (Å²) in [5, 5.41) is 16.9. The van der Waals surface area contributed by atoms with E-state index < -0.39 is 0 Å². The summed E-state index contributed by atoms with van der Waals surface area (Å²) in [6, 6.07) is 0. The average Bonchev–Trinajstić information content (AvgIpc) is 2.92. The molecular weight excluding hydrogens is 230 g/mol. The van der Waals surface area contributed by atoms with Crippen LogP contribution in [0.1, 0.15) is 42.2 Å². The Labute approximate surface area is 107 Å². The highest BCUT2D eigenvalue weighted by Crippen LogP contribution is 2.24. The Morgan fingerprint density at radius 1 is 1.61 bits per heavy atom. The van der Waals surface area contributed by atoms with E-state index in [1.807, 2.05) is 14.0 Å². The second-order valence-corrected chi connectivity index (χ2v) is 4.99. The number of aliphatic hydroxyl groups excluding tert-OH is 1. The van der Waals surface area contributed by atoms with Crippen LogP contribution in [0, 0.1) is 5.92 Å². The molecule has 2 unspecified atom stereocenters. The molecule has 1 heterocycles. The fraction of sp³-hybridized carbons (Fsp3) is 0.692. The Balaban J connectivity index is 1.94. The number of amides is 1. The van der Waals surface area contributed by atoms with E-state index in [-0.39, 0.29) is 17.9 Å². The van der Waals surface area contributed by atoms with Crippen LogP contribution in [0.5, 0.6) is 0 Å². The van der Waals surface area contributed by atoms with E-state index in [0.717, 1.165) is 31.4 Å². The lowest BCUT2D eigenvalue weighted by Gasteiger charge is -2.14. The Hall–Kier alpha value is -1.36. The molecule has 1 aliphatic rings. The van der Waals surface area contributed by atoms with Gasteiger partial charge in [0, 0.05) is 25.7 Å². The van der Waals surface area contributed by atoms with Crippen LogP contribution < -0.4 is 5.32 Å². The van der Waals surface area contributed by atoms with Gasteiger partial charge in [0.05, 0.1) is 17.4 Å². The number of hydrogen-bond acceptors (Lipinski definition) is 3. The van der Waals surface area contributed by atoms with Gasteiger partial charge in [0.15, 0.2) is 0 Å². The molecule has 0 radical (unpaired) electrons. The SMILES string of the molecule is CCc1nn(C)cc1C(=O)NCC1CCCC1O. The Kier molecular flexibility index (Phi) is 4.01. The Bertz CT molecular complexity index is 428. The minimum absolute atomic E-state index is 0.0842. The van der Waals surface area contributed by atoms with Gasteiger partial charge in [0.25, 0.3) is 5.91 Å². The Morgan fingerprint density at radius 2 is 2.39 bits per heavy atom. The summed E-state index contributed by atoms with van der Waals surface area (Å²) in [5.74, 6) is 0.120. The van der Waals surface area contributed by atoms with E-state index in [0.29, 0.717) is 12.1 Å². The lowest BCUT2D eigenvalue weighted by Crippen LogP contribution is -2.32. The van der Waals surface area contributed by atoms with Gasteiger partial charge in [0.1, 0.15) is 0 Å². The van der Waals surface area contributed by atoms with E-state index in [1.54, 1.807) is 10.9 Å². The topological polar surface area (TPSA) is 67.2 Å². The number of rotatable bonds is 4. The molecule has 0 bridgehead atoms.